The molecule has 2 N–H and O–H groups in total. The highest BCUT2D eigenvalue weighted by Gasteiger charge is 2.12. The summed E-state index contributed by atoms with van der Waals surface area (Å²) in [5.41, 5.74) is 8.82. The Morgan fingerprint density at radius 3 is 2.50 bits per heavy atom. The number of rotatable bonds is 5. The molecular weight excluding hydrogens is 198 g/mol. The standard InChI is InChI=1S/C14H21NO/c1-4-12(9-15)8-14(16)13-6-5-10(2)11(3)7-13/h5-7,12H,4,8-9,15H2,1-3H3. The second-order valence-electron chi connectivity index (χ2n) is 4.44. The third-order valence-electron chi connectivity index (χ3n) is 3.21. The number of benzene rings is 1. The van der Waals surface area contributed by atoms with Crippen molar-refractivity contribution in [3.05, 3.63) is 34.9 Å². The fourth-order valence-electron chi connectivity index (χ4n) is 1.69. The number of hydrogen-bond acceptors (Lipinski definition) is 2. The van der Waals surface area contributed by atoms with Gasteiger partial charge in [-0.3, -0.25) is 4.79 Å². The maximum atomic E-state index is 12.0. The molecule has 0 radical (unpaired) electrons. The molecule has 0 aliphatic rings. The van der Waals surface area contributed by atoms with Crippen molar-refractivity contribution in [3.63, 3.8) is 0 Å². The number of ketones is 1. The molecule has 2 nitrogen and oxygen atoms in total. The highest BCUT2D eigenvalue weighted by molar-refractivity contribution is 5.96. The van der Waals surface area contributed by atoms with Crippen LogP contribution < -0.4 is 5.73 Å². The van der Waals surface area contributed by atoms with Gasteiger partial charge in [-0.25, -0.2) is 0 Å². The molecule has 1 unspecified atom stereocenters. The molecule has 1 atom stereocenters. The Labute approximate surface area is 97.9 Å². The van der Waals surface area contributed by atoms with Gasteiger partial charge in [0.1, 0.15) is 0 Å². The maximum Gasteiger partial charge on any atom is 0.163 e. The third-order valence-corrected chi connectivity index (χ3v) is 3.21. The van der Waals surface area contributed by atoms with Crippen molar-refractivity contribution < 1.29 is 4.79 Å². The first-order valence-corrected chi connectivity index (χ1v) is 5.89. The second-order valence-corrected chi connectivity index (χ2v) is 4.44. The Bertz CT molecular complexity index is 367. The lowest BCUT2D eigenvalue weighted by atomic mass is 9.95. The molecule has 0 saturated carbocycles. The molecule has 1 aromatic carbocycles. The summed E-state index contributed by atoms with van der Waals surface area (Å²) in [7, 11) is 0. The number of Topliss-reactive ketones (excluding diaryl/α,β-unsaturated/α-hetero) is 1. The fraction of sp³-hybridized carbons (Fsp3) is 0.500. The van der Waals surface area contributed by atoms with E-state index in [-0.39, 0.29) is 5.78 Å². The molecule has 0 heterocycles. The van der Waals surface area contributed by atoms with E-state index in [1.165, 1.54) is 11.1 Å². The Kier molecular flexibility index (Phi) is 4.69. The summed E-state index contributed by atoms with van der Waals surface area (Å²) in [6, 6.07) is 5.89. The molecule has 1 aromatic rings. The zero-order chi connectivity index (χ0) is 12.1. The van der Waals surface area contributed by atoms with Crippen LogP contribution in [0.15, 0.2) is 18.2 Å². The van der Waals surface area contributed by atoms with Crippen LogP contribution in [0.3, 0.4) is 0 Å². The quantitative estimate of drug-likeness (QED) is 0.774. The summed E-state index contributed by atoms with van der Waals surface area (Å²) in [6.45, 7) is 6.75. The molecule has 16 heavy (non-hydrogen) atoms. The average Bonchev–Trinajstić information content (AvgIpc) is 2.29. The van der Waals surface area contributed by atoms with Crippen molar-refractivity contribution >= 4 is 5.78 Å². The van der Waals surface area contributed by atoms with Gasteiger partial charge >= 0.3 is 0 Å². The van der Waals surface area contributed by atoms with Gasteiger partial charge in [0.25, 0.3) is 0 Å². The molecule has 0 aromatic heterocycles. The monoisotopic (exact) mass is 219 g/mol. The predicted octanol–water partition coefficient (Wildman–Crippen LogP) is 2.86. The number of carbonyl (C=O) groups is 1. The lowest BCUT2D eigenvalue weighted by molar-refractivity contribution is 0.0961. The van der Waals surface area contributed by atoms with Crippen LogP contribution >= 0.6 is 0 Å². The Morgan fingerprint density at radius 2 is 2.00 bits per heavy atom. The molecule has 0 fully saturated rings. The van der Waals surface area contributed by atoms with Crippen molar-refractivity contribution in [1.82, 2.24) is 0 Å². The van der Waals surface area contributed by atoms with Gasteiger partial charge in [-0.1, -0.05) is 25.5 Å². The fourth-order valence-corrected chi connectivity index (χ4v) is 1.69. The van der Waals surface area contributed by atoms with Gasteiger partial charge in [0.2, 0.25) is 0 Å². The van der Waals surface area contributed by atoms with Gasteiger partial charge in [0, 0.05) is 12.0 Å². The summed E-state index contributed by atoms with van der Waals surface area (Å²) in [6.07, 6.45) is 1.53. The van der Waals surface area contributed by atoms with Crippen molar-refractivity contribution in [2.75, 3.05) is 6.54 Å². The van der Waals surface area contributed by atoms with Gasteiger partial charge in [-0.2, -0.15) is 0 Å². The van der Waals surface area contributed by atoms with Gasteiger partial charge in [-0.05, 0) is 43.5 Å². The van der Waals surface area contributed by atoms with Crippen molar-refractivity contribution in [2.24, 2.45) is 11.7 Å². The van der Waals surface area contributed by atoms with E-state index >= 15 is 0 Å². The smallest absolute Gasteiger partial charge is 0.163 e. The molecule has 0 aliphatic heterocycles. The van der Waals surface area contributed by atoms with Crippen LogP contribution in [-0.2, 0) is 0 Å². The zero-order valence-corrected chi connectivity index (χ0v) is 10.4. The van der Waals surface area contributed by atoms with Gasteiger partial charge in [0.05, 0.1) is 0 Å². The lowest BCUT2D eigenvalue weighted by Crippen LogP contribution is -2.17. The van der Waals surface area contributed by atoms with E-state index in [9.17, 15) is 4.79 Å². The predicted molar refractivity (Wildman–Crippen MR) is 67.7 cm³/mol. The van der Waals surface area contributed by atoms with E-state index < -0.39 is 0 Å². The first-order valence-electron chi connectivity index (χ1n) is 5.89. The molecule has 88 valence electrons. The van der Waals surface area contributed by atoms with E-state index in [1.54, 1.807) is 0 Å². The Balaban J connectivity index is 2.76. The van der Waals surface area contributed by atoms with E-state index in [4.69, 9.17) is 5.73 Å². The first kappa shape index (κ1) is 12.9. The zero-order valence-electron chi connectivity index (χ0n) is 10.4. The van der Waals surface area contributed by atoms with E-state index in [1.807, 2.05) is 25.1 Å². The van der Waals surface area contributed by atoms with Crippen LogP contribution in [0.1, 0.15) is 41.3 Å². The average molecular weight is 219 g/mol. The van der Waals surface area contributed by atoms with Crippen LogP contribution in [0.5, 0.6) is 0 Å². The van der Waals surface area contributed by atoms with Crippen LogP contribution in [-0.4, -0.2) is 12.3 Å². The maximum absolute atomic E-state index is 12.0. The molecule has 0 saturated heterocycles. The normalized spacial score (nSPS) is 12.5. The summed E-state index contributed by atoms with van der Waals surface area (Å²) in [5.74, 6) is 0.523. The van der Waals surface area contributed by atoms with E-state index in [0.717, 1.165) is 12.0 Å². The molecule has 0 amide bonds. The summed E-state index contributed by atoms with van der Waals surface area (Å²) < 4.78 is 0. The second kappa shape index (κ2) is 5.80. The largest absolute Gasteiger partial charge is 0.330 e. The molecule has 0 bridgehead atoms. The molecule has 1 rings (SSSR count). The number of carbonyl (C=O) groups excluding carboxylic acids is 1. The van der Waals surface area contributed by atoms with Gasteiger partial charge in [0.15, 0.2) is 5.78 Å². The van der Waals surface area contributed by atoms with Crippen molar-refractivity contribution in [3.8, 4) is 0 Å². The highest BCUT2D eigenvalue weighted by Crippen LogP contribution is 2.15. The molecule has 0 aliphatic carbocycles. The lowest BCUT2D eigenvalue weighted by Gasteiger charge is -2.11. The van der Waals surface area contributed by atoms with E-state index in [0.29, 0.717) is 18.9 Å². The Morgan fingerprint density at radius 1 is 1.31 bits per heavy atom. The topological polar surface area (TPSA) is 43.1 Å². The van der Waals surface area contributed by atoms with Crippen LogP contribution in [0.4, 0.5) is 0 Å². The van der Waals surface area contributed by atoms with Gasteiger partial charge in [-0.15, -0.1) is 0 Å². The van der Waals surface area contributed by atoms with Crippen molar-refractivity contribution in [2.45, 2.75) is 33.6 Å². The molecular formula is C14H21NO. The molecule has 2 heteroatoms. The summed E-state index contributed by atoms with van der Waals surface area (Å²) in [5, 5.41) is 0. The van der Waals surface area contributed by atoms with E-state index in [2.05, 4.69) is 13.8 Å². The summed E-state index contributed by atoms with van der Waals surface area (Å²) in [4.78, 5) is 12.0. The minimum absolute atomic E-state index is 0.209. The number of nitrogens with two attached hydrogens (primary N) is 1. The van der Waals surface area contributed by atoms with Crippen LogP contribution in [0.25, 0.3) is 0 Å². The number of aryl methyl sites for hydroxylation is 2. The van der Waals surface area contributed by atoms with Crippen LogP contribution in [0.2, 0.25) is 0 Å². The third kappa shape index (κ3) is 3.17. The van der Waals surface area contributed by atoms with Crippen LogP contribution in [0, 0.1) is 19.8 Å². The molecule has 0 spiro atoms. The highest BCUT2D eigenvalue weighted by atomic mass is 16.1. The van der Waals surface area contributed by atoms with Gasteiger partial charge < -0.3 is 5.73 Å². The minimum atomic E-state index is 0.209. The minimum Gasteiger partial charge on any atom is -0.330 e. The summed E-state index contributed by atoms with van der Waals surface area (Å²) >= 11 is 0. The van der Waals surface area contributed by atoms with Crippen molar-refractivity contribution in [1.29, 1.82) is 0 Å². The number of hydrogen-bond donors (Lipinski definition) is 1. The Hall–Kier alpha value is -1.15. The SMILES string of the molecule is CCC(CN)CC(=O)c1ccc(C)c(C)c1. The first-order chi connectivity index (χ1) is 7.58.